The average molecular weight is 992 g/mol. The summed E-state index contributed by atoms with van der Waals surface area (Å²) in [5.74, 6) is 1.37. The Morgan fingerprint density at radius 2 is 1.08 bits per heavy atom. The van der Waals surface area contributed by atoms with Gasteiger partial charge in [-0.2, -0.15) is 0 Å². The van der Waals surface area contributed by atoms with Crippen LogP contribution in [-0.2, 0) is 5.75 Å². The van der Waals surface area contributed by atoms with Crippen molar-refractivity contribution in [2.75, 3.05) is 9.80 Å². The quantitative estimate of drug-likeness (QED) is 0.158. The molecule has 2 nitrogen and oxygen atoms in total. The Morgan fingerprint density at radius 1 is 0.507 bits per heavy atom. The van der Waals surface area contributed by atoms with Crippen LogP contribution >= 0.6 is 47.0 Å². The first-order valence-corrected chi connectivity index (χ1v) is 30.2. The van der Waals surface area contributed by atoms with E-state index in [-0.39, 0.29) is 5.82 Å². The van der Waals surface area contributed by atoms with Gasteiger partial charge in [0, 0.05) is 74.5 Å². The third-order valence-electron chi connectivity index (χ3n) is 16.1. The van der Waals surface area contributed by atoms with E-state index in [4.69, 9.17) is 0 Å². The highest BCUT2D eigenvalue weighted by molar-refractivity contribution is 8.01. The van der Waals surface area contributed by atoms with E-state index in [1.54, 1.807) is 0 Å². The number of para-hydroxylation sites is 4. The van der Waals surface area contributed by atoms with Gasteiger partial charge in [0.25, 0.3) is 0 Å². The zero-order valence-corrected chi connectivity index (χ0v) is 42.7. The molecular weight excluding hydrogens is 951 g/mol. The Bertz CT molecular complexity index is 3740. The predicted molar refractivity (Wildman–Crippen MR) is 307 cm³/mol. The van der Waals surface area contributed by atoms with Crippen LogP contribution in [-0.4, -0.2) is 27.3 Å². The van der Waals surface area contributed by atoms with E-state index < -0.39 is 8.07 Å². The van der Waals surface area contributed by atoms with E-state index in [0.717, 1.165) is 5.75 Å². The van der Waals surface area contributed by atoms with Crippen molar-refractivity contribution in [2.24, 2.45) is 0 Å². The van der Waals surface area contributed by atoms with Crippen LogP contribution in [0.5, 0.6) is 0 Å². The third-order valence-corrected chi connectivity index (χ3v) is 25.8. The van der Waals surface area contributed by atoms with Crippen molar-refractivity contribution in [1.29, 1.82) is 0 Å². The summed E-state index contributed by atoms with van der Waals surface area (Å²) in [6.45, 7) is 0.294. The summed E-state index contributed by atoms with van der Waals surface area (Å²) in [5, 5.41) is 6.08. The molecule has 6 heterocycles. The Hall–Kier alpha value is -6.19. The van der Waals surface area contributed by atoms with E-state index in [1.165, 1.54) is 117 Å². The summed E-state index contributed by atoms with van der Waals surface area (Å²) < 4.78 is 0. The van der Waals surface area contributed by atoms with E-state index in [1.807, 2.05) is 47.0 Å². The zero-order chi connectivity index (χ0) is 46.4. The lowest BCUT2D eigenvalue weighted by Crippen LogP contribution is -2.79. The molecule has 1 spiro atoms. The van der Waals surface area contributed by atoms with Gasteiger partial charge in [0.2, 0.25) is 6.71 Å². The predicted octanol–water partition coefficient (Wildman–Crippen LogP) is 11.6. The lowest BCUT2D eigenvalue weighted by atomic mass is 9.32. The molecule has 3 unspecified atom stereocenters. The molecule has 3 atom stereocenters. The van der Waals surface area contributed by atoms with Crippen LogP contribution in [0, 0.1) is 0 Å². The van der Waals surface area contributed by atoms with E-state index in [0.29, 0.717) is 17.8 Å². The molecule has 0 saturated heterocycles. The van der Waals surface area contributed by atoms with Gasteiger partial charge >= 0.3 is 0 Å². The molecule has 0 amide bonds. The SMILES string of the molecule is [B]1c2c3cccc2Sc2ccccc2C1c1cc(N2c4ccccc4[Si]4(c5ccccc5N(C5=CC6B7c8ccccc8Sc8cccc(c87)SC6C=C5)c5ccccc54)c4ccccc42)ccc1CS3. The molecule has 1 aliphatic carbocycles. The summed E-state index contributed by atoms with van der Waals surface area (Å²) in [7, 11) is -0.421. The minimum atomic E-state index is -2.98. The number of rotatable bonds is 2. The number of thioether (sulfide) groups is 2. The maximum atomic E-state index is 2.65. The number of allylic oxidation sites excluding steroid dienone is 2. The van der Waals surface area contributed by atoms with Crippen molar-refractivity contribution in [3.8, 4) is 0 Å². The second-order valence-electron chi connectivity index (χ2n) is 19.5. The van der Waals surface area contributed by atoms with Gasteiger partial charge < -0.3 is 9.80 Å². The first-order chi connectivity index (χ1) is 35.2. The van der Waals surface area contributed by atoms with Crippen molar-refractivity contribution in [2.45, 2.75) is 52.0 Å². The summed E-state index contributed by atoms with van der Waals surface area (Å²) in [6.07, 6.45) is 7.60. The van der Waals surface area contributed by atoms with E-state index in [9.17, 15) is 0 Å². The second-order valence-corrected chi connectivity index (χ2v) is 27.6. The molecule has 333 valence electrons. The van der Waals surface area contributed by atoms with Crippen LogP contribution in [0.4, 0.5) is 28.4 Å². The highest BCUT2D eigenvalue weighted by Crippen LogP contribution is 2.50. The lowest BCUT2D eigenvalue weighted by molar-refractivity contribution is 0.978. The second kappa shape index (κ2) is 15.9. The monoisotopic (exact) mass is 991 g/mol. The maximum absolute atomic E-state index is 2.98. The van der Waals surface area contributed by atoms with Crippen LogP contribution in [0.3, 0.4) is 0 Å². The molecular formula is C62H41B2N2S4Si. The van der Waals surface area contributed by atoms with Crippen molar-refractivity contribution in [3.63, 3.8) is 0 Å². The lowest BCUT2D eigenvalue weighted by Gasteiger charge is -2.50. The van der Waals surface area contributed by atoms with Gasteiger partial charge in [-0.1, -0.05) is 174 Å². The van der Waals surface area contributed by atoms with Crippen molar-refractivity contribution >= 4 is 135 Å². The van der Waals surface area contributed by atoms with Gasteiger partial charge in [-0.25, -0.2) is 0 Å². The maximum Gasteiger partial charge on any atom is 0.222 e. The van der Waals surface area contributed by atoms with Crippen molar-refractivity contribution in [3.05, 3.63) is 241 Å². The molecule has 71 heavy (non-hydrogen) atoms. The molecule has 1 radical (unpaired) electrons. The molecule has 0 N–H and O–H groups in total. The Balaban J connectivity index is 0.872. The molecule has 0 fully saturated rings. The molecule has 9 aromatic carbocycles. The Morgan fingerprint density at radius 3 is 1.82 bits per heavy atom. The minimum absolute atomic E-state index is 0.130. The first-order valence-electron chi connectivity index (χ1n) is 24.7. The Labute approximate surface area is 434 Å². The van der Waals surface area contributed by atoms with Crippen LogP contribution in [0.15, 0.2) is 253 Å². The van der Waals surface area contributed by atoms with Crippen LogP contribution in [0.1, 0.15) is 22.5 Å². The van der Waals surface area contributed by atoms with E-state index >= 15 is 0 Å². The fourth-order valence-corrected chi connectivity index (χ4v) is 23.5. The fourth-order valence-electron chi connectivity index (χ4n) is 13.2. The molecule has 16 rings (SSSR count). The summed E-state index contributed by atoms with van der Waals surface area (Å²) in [5.41, 5.74) is 16.1. The van der Waals surface area contributed by atoms with E-state index in [2.05, 4.69) is 235 Å². The van der Waals surface area contributed by atoms with Gasteiger partial charge in [-0.15, -0.1) is 23.5 Å². The summed E-state index contributed by atoms with van der Waals surface area (Å²) >= 11 is 7.88. The van der Waals surface area contributed by atoms with Gasteiger partial charge in [0.1, 0.15) is 0 Å². The number of nitrogens with zero attached hydrogens (tertiary/aromatic N) is 2. The minimum Gasteiger partial charge on any atom is -0.311 e. The summed E-state index contributed by atoms with van der Waals surface area (Å²) in [6, 6.07) is 77.1. The first kappa shape index (κ1) is 41.4. The van der Waals surface area contributed by atoms with Gasteiger partial charge in [0.15, 0.2) is 15.4 Å². The summed E-state index contributed by atoms with van der Waals surface area (Å²) in [4.78, 5) is 13.5. The number of hydrogen-bond acceptors (Lipinski definition) is 6. The highest BCUT2D eigenvalue weighted by atomic mass is 32.2. The zero-order valence-electron chi connectivity index (χ0n) is 38.4. The number of benzene rings is 9. The molecule has 6 aliphatic heterocycles. The fraction of sp³-hybridized carbons (Fsp3) is 0.0645. The van der Waals surface area contributed by atoms with Crippen LogP contribution in [0.25, 0.3) is 0 Å². The van der Waals surface area contributed by atoms with Gasteiger partial charge in [-0.05, 0) is 133 Å². The molecule has 0 saturated carbocycles. The standard InChI is InChI=1S/C62H41B2N2S4Si/c1-7-21-49-41(15-1)60-42-35-39(32-31-38(42)37-67-52-23-13-24-53(68-49)61(52)63-60)65-45-17-3-9-27-56(45)71(57-28-10-4-18-46(57)65)58-29-11-5-19-47(58)66(48-20-6-12-30-59(48)71)40-33-34-51-44(36-40)64-43-16-2-8-22-50(43)69-54-25-14-26-55(70-51)62(54)64/h1-36,44,51,60H,37H2. The van der Waals surface area contributed by atoms with Crippen molar-refractivity contribution < 1.29 is 0 Å². The molecule has 9 heteroatoms. The van der Waals surface area contributed by atoms with Crippen LogP contribution < -0.4 is 46.9 Å². The molecule has 2 bridgehead atoms. The van der Waals surface area contributed by atoms with Crippen LogP contribution in [0.2, 0.25) is 5.82 Å². The molecule has 7 aliphatic rings. The average Bonchev–Trinajstić information content (AvgIpc) is 3.60. The number of fused-ring (bicyclic) bond motifs is 17. The molecule has 0 aromatic heterocycles. The topological polar surface area (TPSA) is 6.48 Å². The normalized spacial score (nSPS) is 19.6. The smallest absolute Gasteiger partial charge is 0.222 e. The largest absolute Gasteiger partial charge is 0.311 e. The van der Waals surface area contributed by atoms with Gasteiger partial charge in [-0.3, -0.25) is 0 Å². The van der Waals surface area contributed by atoms with Gasteiger partial charge in [0.05, 0.1) is 0 Å². The Kier molecular flexibility index (Phi) is 9.28. The highest BCUT2D eigenvalue weighted by Gasteiger charge is 2.54. The number of hydrogen-bond donors (Lipinski definition) is 0. The third kappa shape index (κ3) is 5.93. The number of anilines is 5. The molecule has 9 aromatic rings. The van der Waals surface area contributed by atoms with Crippen molar-refractivity contribution in [1.82, 2.24) is 0 Å².